The van der Waals surface area contributed by atoms with Gasteiger partial charge in [0, 0.05) is 5.56 Å². The van der Waals surface area contributed by atoms with Gasteiger partial charge in [-0.2, -0.15) is 5.10 Å². The zero-order valence-corrected chi connectivity index (χ0v) is 10.1. The fourth-order valence-electron chi connectivity index (χ4n) is 1.57. The first-order chi connectivity index (χ1) is 8.99. The topological polar surface area (TPSA) is 83.8 Å². The van der Waals surface area contributed by atoms with Crippen molar-refractivity contribution in [1.29, 1.82) is 0 Å². The molecule has 0 bridgehead atoms. The maximum absolute atomic E-state index is 13.4. The van der Waals surface area contributed by atoms with Gasteiger partial charge in [0.05, 0.1) is 17.8 Å². The minimum atomic E-state index is -1.02. The van der Waals surface area contributed by atoms with Gasteiger partial charge in [0.1, 0.15) is 0 Å². The van der Waals surface area contributed by atoms with Crippen LogP contribution in [0, 0.1) is 18.6 Å². The van der Waals surface area contributed by atoms with E-state index >= 15 is 0 Å². The predicted molar refractivity (Wildman–Crippen MR) is 66.4 cm³/mol. The van der Waals surface area contributed by atoms with Crippen LogP contribution in [-0.4, -0.2) is 16.1 Å². The van der Waals surface area contributed by atoms with E-state index in [-0.39, 0.29) is 17.8 Å². The third-order valence-electron chi connectivity index (χ3n) is 2.63. The van der Waals surface area contributed by atoms with Gasteiger partial charge in [-0.1, -0.05) is 12.1 Å². The largest absolute Gasteiger partial charge is 0.394 e. The summed E-state index contributed by atoms with van der Waals surface area (Å²) < 4.78 is 26.4. The zero-order valence-electron chi connectivity index (χ0n) is 10.1. The minimum absolute atomic E-state index is 0.0247. The number of aromatic nitrogens is 2. The smallest absolute Gasteiger partial charge is 0.230 e. The number of carbonyl (C=O) groups excluding carboxylic acids is 1. The average molecular weight is 266 g/mol. The molecule has 0 aliphatic rings. The summed E-state index contributed by atoms with van der Waals surface area (Å²) in [6, 6.07) is 3.68. The van der Waals surface area contributed by atoms with Crippen molar-refractivity contribution in [2.75, 3.05) is 11.1 Å². The molecule has 0 saturated carbocycles. The van der Waals surface area contributed by atoms with Crippen molar-refractivity contribution in [1.82, 2.24) is 10.2 Å². The lowest BCUT2D eigenvalue weighted by molar-refractivity contribution is -0.115. The maximum Gasteiger partial charge on any atom is 0.230 e. The number of amides is 1. The number of aryl methyl sites for hydroxylation is 1. The summed E-state index contributed by atoms with van der Waals surface area (Å²) in [4.78, 5) is 11.7. The van der Waals surface area contributed by atoms with E-state index in [1.54, 1.807) is 6.92 Å². The summed E-state index contributed by atoms with van der Waals surface area (Å²) in [5.74, 6) is -2.36. The highest BCUT2D eigenvalue weighted by Crippen LogP contribution is 2.18. The Bertz CT molecular complexity index is 624. The number of halogens is 2. The Hall–Kier alpha value is -2.44. The van der Waals surface area contributed by atoms with E-state index in [9.17, 15) is 13.6 Å². The second-order valence-electron chi connectivity index (χ2n) is 4.05. The summed E-state index contributed by atoms with van der Waals surface area (Å²) in [5, 5.41) is 8.82. The molecular weight excluding hydrogens is 254 g/mol. The number of rotatable bonds is 3. The lowest BCUT2D eigenvalue weighted by Crippen LogP contribution is -2.16. The van der Waals surface area contributed by atoms with E-state index in [0.717, 1.165) is 6.07 Å². The van der Waals surface area contributed by atoms with Crippen molar-refractivity contribution in [2.45, 2.75) is 13.3 Å². The van der Waals surface area contributed by atoms with Crippen LogP contribution in [0.4, 0.5) is 20.3 Å². The summed E-state index contributed by atoms with van der Waals surface area (Å²) in [6.45, 7) is 1.70. The van der Waals surface area contributed by atoms with Crippen LogP contribution in [0.5, 0.6) is 0 Å². The average Bonchev–Trinajstić information content (AvgIpc) is 2.67. The van der Waals surface area contributed by atoms with Gasteiger partial charge < -0.3 is 11.1 Å². The van der Waals surface area contributed by atoms with Crippen LogP contribution in [0.2, 0.25) is 0 Å². The molecule has 2 aromatic rings. The van der Waals surface area contributed by atoms with Gasteiger partial charge in [-0.25, -0.2) is 8.78 Å². The molecule has 1 amide bonds. The van der Waals surface area contributed by atoms with E-state index in [4.69, 9.17) is 5.73 Å². The summed E-state index contributed by atoms with van der Waals surface area (Å²) in [6.07, 6.45) is -0.297. The van der Waals surface area contributed by atoms with Gasteiger partial charge in [0.2, 0.25) is 5.91 Å². The van der Waals surface area contributed by atoms with Crippen molar-refractivity contribution in [3.8, 4) is 0 Å². The molecule has 4 N–H and O–H groups in total. The van der Waals surface area contributed by atoms with Crippen LogP contribution in [0.3, 0.4) is 0 Å². The molecular formula is C12H12F2N4O. The number of carbonyl (C=O) groups is 1. The molecule has 2 rings (SSSR count). The first-order valence-corrected chi connectivity index (χ1v) is 5.52. The molecule has 1 aromatic heterocycles. The number of nitrogens with zero attached hydrogens (tertiary/aromatic N) is 1. The summed E-state index contributed by atoms with van der Waals surface area (Å²) in [7, 11) is 0. The molecule has 1 heterocycles. The third-order valence-corrected chi connectivity index (χ3v) is 2.63. The molecule has 19 heavy (non-hydrogen) atoms. The second kappa shape index (κ2) is 5.05. The van der Waals surface area contributed by atoms with E-state index < -0.39 is 17.5 Å². The number of nitrogens with two attached hydrogens (primary N) is 1. The molecule has 0 fully saturated rings. The van der Waals surface area contributed by atoms with E-state index in [0.29, 0.717) is 11.4 Å². The Labute approximate surface area is 107 Å². The van der Waals surface area contributed by atoms with E-state index in [1.807, 2.05) is 0 Å². The molecule has 7 heteroatoms. The van der Waals surface area contributed by atoms with Crippen LogP contribution in [0.15, 0.2) is 18.2 Å². The standard InChI is InChI=1S/C12H12F2N4O/c1-6-11(15)12(18-17-6)16-9(19)5-7-3-2-4-8(13)10(7)14/h2-4H,5,15H2,1H3,(H2,16,17,18,19). The fraction of sp³-hybridized carbons (Fsp3) is 0.167. The molecule has 0 saturated heterocycles. The van der Waals surface area contributed by atoms with Crippen molar-refractivity contribution in [3.63, 3.8) is 0 Å². The highest BCUT2D eigenvalue weighted by Gasteiger charge is 2.14. The Kier molecular flexibility index (Phi) is 3.46. The fourth-order valence-corrected chi connectivity index (χ4v) is 1.57. The number of nitrogen functional groups attached to an aromatic ring is 1. The highest BCUT2D eigenvalue weighted by atomic mass is 19.2. The van der Waals surface area contributed by atoms with E-state index in [2.05, 4.69) is 15.5 Å². The number of H-pyrrole nitrogens is 1. The number of aromatic amines is 1. The molecule has 0 radical (unpaired) electrons. The van der Waals surface area contributed by atoms with Crippen molar-refractivity contribution in [2.24, 2.45) is 0 Å². The molecule has 5 nitrogen and oxygen atoms in total. The van der Waals surface area contributed by atoms with Gasteiger partial charge in [-0.15, -0.1) is 0 Å². The van der Waals surface area contributed by atoms with Crippen LogP contribution in [0.1, 0.15) is 11.3 Å². The van der Waals surface area contributed by atoms with Crippen molar-refractivity contribution < 1.29 is 13.6 Å². The number of nitrogens with one attached hydrogen (secondary N) is 2. The van der Waals surface area contributed by atoms with Gasteiger partial charge in [-0.05, 0) is 13.0 Å². The number of hydrogen-bond donors (Lipinski definition) is 3. The van der Waals surface area contributed by atoms with Gasteiger partial charge >= 0.3 is 0 Å². The molecule has 0 atom stereocenters. The first-order valence-electron chi connectivity index (χ1n) is 5.52. The quantitative estimate of drug-likeness (QED) is 0.791. The van der Waals surface area contributed by atoms with Crippen LogP contribution in [-0.2, 0) is 11.2 Å². The Morgan fingerprint density at radius 2 is 2.21 bits per heavy atom. The monoisotopic (exact) mass is 266 g/mol. The Balaban J connectivity index is 2.10. The highest BCUT2D eigenvalue weighted by molar-refractivity contribution is 5.94. The zero-order chi connectivity index (χ0) is 14.0. The SMILES string of the molecule is Cc1[nH]nc(NC(=O)Cc2cccc(F)c2F)c1N. The summed E-state index contributed by atoms with van der Waals surface area (Å²) in [5.41, 5.74) is 6.56. The minimum Gasteiger partial charge on any atom is -0.394 e. The predicted octanol–water partition coefficient (Wildman–Crippen LogP) is 1.76. The van der Waals surface area contributed by atoms with Crippen LogP contribution < -0.4 is 11.1 Å². The lowest BCUT2D eigenvalue weighted by atomic mass is 10.1. The van der Waals surface area contributed by atoms with E-state index in [1.165, 1.54) is 12.1 Å². The number of anilines is 2. The van der Waals surface area contributed by atoms with Crippen molar-refractivity contribution in [3.05, 3.63) is 41.1 Å². The number of hydrogen-bond acceptors (Lipinski definition) is 3. The Morgan fingerprint density at radius 1 is 1.47 bits per heavy atom. The molecule has 0 spiro atoms. The molecule has 0 aliphatic carbocycles. The van der Waals surface area contributed by atoms with Crippen LogP contribution >= 0.6 is 0 Å². The second-order valence-corrected chi connectivity index (χ2v) is 4.05. The number of benzene rings is 1. The van der Waals surface area contributed by atoms with Gasteiger partial charge in [0.25, 0.3) is 0 Å². The third kappa shape index (κ3) is 2.70. The maximum atomic E-state index is 13.4. The van der Waals surface area contributed by atoms with Gasteiger partial charge in [-0.3, -0.25) is 9.89 Å². The first kappa shape index (κ1) is 13.0. The molecule has 0 unspecified atom stereocenters. The molecule has 1 aromatic carbocycles. The lowest BCUT2D eigenvalue weighted by Gasteiger charge is -2.05. The van der Waals surface area contributed by atoms with Crippen LogP contribution in [0.25, 0.3) is 0 Å². The normalized spacial score (nSPS) is 10.5. The van der Waals surface area contributed by atoms with Gasteiger partial charge in [0.15, 0.2) is 17.5 Å². The summed E-state index contributed by atoms with van der Waals surface area (Å²) >= 11 is 0. The molecule has 0 aliphatic heterocycles. The Morgan fingerprint density at radius 3 is 2.84 bits per heavy atom. The van der Waals surface area contributed by atoms with Crippen molar-refractivity contribution >= 4 is 17.4 Å². The molecule has 100 valence electrons.